The predicted molar refractivity (Wildman–Crippen MR) is 115 cm³/mol. The van der Waals surface area contributed by atoms with Gasteiger partial charge in [-0.3, -0.25) is 9.10 Å². The van der Waals surface area contributed by atoms with E-state index >= 15 is 0 Å². The van der Waals surface area contributed by atoms with Crippen LogP contribution in [0.1, 0.15) is 16.7 Å². The molecule has 5 nitrogen and oxygen atoms in total. The fourth-order valence-corrected chi connectivity index (χ4v) is 4.39. The molecule has 32 heavy (non-hydrogen) atoms. The number of rotatable bonds is 7. The standard InChI is InChI=1S/C23H21F3N2O3S/c1-17-10-12-21(13-11-17)32(30,31)28(20-9-5-8-19(14-20)23(24,25)26)16-22(29)27-15-18-6-3-2-4-7-18/h2-14H,15-16H2,1H3,(H,27,29). The van der Waals surface area contributed by atoms with E-state index in [0.29, 0.717) is 4.31 Å². The zero-order valence-electron chi connectivity index (χ0n) is 17.1. The Morgan fingerprint density at radius 1 is 0.938 bits per heavy atom. The van der Waals surface area contributed by atoms with Crippen molar-refractivity contribution in [2.45, 2.75) is 24.5 Å². The van der Waals surface area contributed by atoms with Crippen molar-refractivity contribution in [2.75, 3.05) is 10.8 Å². The van der Waals surface area contributed by atoms with Gasteiger partial charge in [0.2, 0.25) is 5.91 Å². The molecule has 0 aromatic heterocycles. The number of hydrogen-bond donors (Lipinski definition) is 1. The monoisotopic (exact) mass is 462 g/mol. The second-order valence-corrected chi connectivity index (χ2v) is 9.00. The molecule has 1 N–H and O–H groups in total. The van der Waals surface area contributed by atoms with E-state index < -0.39 is 34.2 Å². The largest absolute Gasteiger partial charge is 0.416 e. The number of aryl methyl sites for hydroxylation is 1. The Labute approximate surface area is 184 Å². The van der Waals surface area contributed by atoms with Crippen molar-refractivity contribution in [1.29, 1.82) is 0 Å². The van der Waals surface area contributed by atoms with Gasteiger partial charge in [0, 0.05) is 6.54 Å². The highest BCUT2D eigenvalue weighted by Crippen LogP contribution is 2.33. The lowest BCUT2D eigenvalue weighted by Gasteiger charge is -2.25. The van der Waals surface area contributed by atoms with Gasteiger partial charge >= 0.3 is 6.18 Å². The maximum absolute atomic E-state index is 13.3. The minimum Gasteiger partial charge on any atom is -0.350 e. The van der Waals surface area contributed by atoms with Gasteiger partial charge in [-0.05, 0) is 42.8 Å². The number of hydrogen-bond acceptors (Lipinski definition) is 3. The molecule has 9 heteroatoms. The van der Waals surface area contributed by atoms with Crippen LogP contribution >= 0.6 is 0 Å². The first-order chi connectivity index (χ1) is 15.1. The molecule has 3 aromatic carbocycles. The summed E-state index contributed by atoms with van der Waals surface area (Å²) in [5.41, 5.74) is 0.349. The molecule has 0 heterocycles. The molecule has 3 aromatic rings. The maximum Gasteiger partial charge on any atom is 0.416 e. The minimum absolute atomic E-state index is 0.128. The highest BCUT2D eigenvalue weighted by Gasteiger charge is 2.33. The van der Waals surface area contributed by atoms with Crippen LogP contribution in [0, 0.1) is 6.92 Å². The van der Waals surface area contributed by atoms with Crippen molar-refractivity contribution in [2.24, 2.45) is 0 Å². The molecule has 0 spiro atoms. The van der Waals surface area contributed by atoms with E-state index in [1.54, 1.807) is 43.3 Å². The van der Waals surface area contributed by atoms with E-state index in [4.69, 9.17) is 0 Å². The molecule has 0 bridgehead atoms. The molecule has 1 amide bonds. The van der Waals surface area contributed by atoms with Crippen LogP contribution < -0.4 is 9.62 Å². The van der Waals surface area contributed by atoms with Crippen molar-refractivity contribution in [3.8, 4) is 0 Å². The third-order valence-corrected chi connectivity index (χ3v) is 6.48. The molecule has 0 saturated heterocycles. The molecule has 0 aliphatic carbocycles. The van der Waals surface area contributed by atoms with Crippen LogP contribution in [-0.2, 0) is 27.5 Å². The SMILES string of the molecule is Cc1ccc(S(=O)(=O)N(CC(=O)NCc2ccccc2)c2cccc(C(F)(F)F)c2)cc1. The van der Waals surface area contributed by atoms with Crippen molar-refractivity contribution in [3.63, 3.8) is 0 Å². The number of anilines is 1. The van der Waals surface area contributed by atoms with Gasteiger partial charge in [0.15, 0.2) is 0 Å². The van der Waals surface area contributed by atoms with Crippen LogP contribution in [0.15, 0.2) is 83.8 Å². The molecule has 0 unspecified atom stereocenters. The Bertz CT molecular complexity index is 1180. The van der Waals surface area contributed by atoms with Crippen LogP contribution in [0.5, 0.6) is 0 Å². The van der Waals surface area contributed by atoms with Crippen LogP contribution in [0.4, 0.5) is 18.9 Å². The third-order valence-electron chi connectivity index (χ3n) is 4.69. The summed E-state index contributed by atoms with van der Waals surface area (Å²) >= 11 is 0. The smallest absolute Gasteiger partial charge is 0.350 e. The van der Waals surface area contributed by atoms with Crippen molar-refractivity contribution < 1.29 is 26.4 Å². The summed E-state index contributed by atoms with van der Waals surface area (Å²) in [6.45, 7) is 1.25. The topological polar surface area (TPSA) is 66.5 Å². The summed E-state index contributed by atoms with van der Waals surface area (Å²) in [7, 11) is -4.31. The summed E-state index contributed by atoms with van der Waals surface area (Å²) in [6.07, 6.45) is -4.66. The van der Waals surface area contributed by atoms with Gasteiger partial charge in [0.25, 0.3) is 10.0 Å². The van der Waals surface area contributed by atoms with Gasteiger partial charge in [0.1, 0.15) is 6.54 Å². The minimum atomic E-state index is -4.66. The number of benzene rings is 3. The number of alkyl halides is 3. The Hall–Kier alpha value is -3.33. The first-order valence-electron chi connectivity index (χ1n) is 9.65. The summed E-state index contributed by atoms with van der Waals surface area (Å²) in [4.78, 5) is 12.4. The van der Waals surface area contributed by atoms with E-state index in [1.165, 1.54) is 18.2 Å². The van der Waals surface area contributed by atoms with E-state index in [9.17, 15) is 26.4 Å². The first kappa shape index (κ1) is 23.3. The molecular weight excluding hydrogens is 441 g/mol. The van der Waals surface area contributed by atoms with E-state index in [2.05, 4.69) is 5.32 Å². The van der Waals surface area contributed by atoms with E-state index in [-0.39, 0.29) is 17.1 Å². The molecule has 0 saturated carbocycles. The van der Waals surface area contributed by atoms with Crippen molar-refractivity contribution in [3.05, 3.63) is 95.6 Å². The highest BCUT2D eigenvalue weighted by molar-refractivity contribution is 7.92. The summed E-state index contributed by atoms with van der Waals surface area (Å²) in [6, 6.07) is 18.7. The van der Waals surface area contributed by atoms with Crippen LogP contribution in [0.3, 0.4) is 0 Å². The van der Waals surface area contributed by atoms with Gasteiger partial charge in [-0.25, -0.2) is 8.42 Å². The Kier molecular flexibility index (Phi) is 6.88. The zero-order valence-corrected chi connectivity index (χ0v) is 18.0. The van der Waals surface area contributed by atoms with Gasteiger partial charge in [-0.1, -0.05) is 54.1 Å². The Balaban J connectivity index is 1.94. The normalized spacial score (nSPS) is 11.8. The van der Waals surface area contributed by atoms with Gasteiger partial charge < -0.3 is 5.32 Å². The number of carbonyl (C=O) groups excluding carboxylic acids is 1. The number of amides is 1. The predicted octanol–water partition coefficient (Wildman–Crippen LogP) is 4.53. The molecule has 0 fully saturated rings. The van der Waals surface area contributed by atoms with Crippen molar-refractivity contribution in [1.82, 2.24) is 5.32 Å². The molecule has 168 valence electrons. The van der Waals surface area contributed by atoms with Gasteiger partial charge in [-0.15, -0.1) is 0 Å². The maximum atomic E-state index is 13.3. The van der Waals surface area contributed by atoms with Crippen molar-refractivity contribution >= 4 is 21.6 Å². The quantitative estimate of drug-likeness (QED) is 0.561. The number of nitrogens with one attached hydrogen (secondary N) is 1. The molecule has 0 aliphatic rings. The van der Waals surface area contributed by atoms with Crippen LogP contribution in [0.2, 0.25) is 0 Å². The average Bonchev–Trinajstić information content (AvgIpc) is 2.76. The Morgan fingerprint density at radius 2 is 1.59 bits per heavy atom. The molecular formula is C23H21F3N2O3S. The fraction of sp³-hybridized carbons (Fsp3) is 0.174. The third kappa shape index (κ3) is 5.67. The second-order valence-electron chi connectivity index (χ2n) is 7.14. The van der Waals surface area contributed by atoms with Gasteiger partial charge in [-0.2, -0.15) is 13.2 Å². The summed E-state index contributed by atoms with van der Waals surface area (Å²) < 4.78 is 66.9. The first-order valence-corrected chi connectivity index (χ1v) is 11.1. The molecule has 0 aliphatic heterocycles. The van der Waals surface area contributed by atoms with E-state index in [0.717, 1.165) is 29.3 Å². The van der Waals surface area contributed by atoms with Gasteiger partial charge in [0.05, 0.1) is 16.1 Å². The number of halogens is 3. The Morgan fingerprint density at radius 3 is 2.22 bits per heavy atom. The summed E-state index contributed by atoms with van der Waals surface area (Å²) in [5.74, 6) is -0.651. The summed E-state index contributed by atoms with van der Waals surface area (Å²) in [5, 5.41) is 2.61. The lowest BCUT2D eigenvalue weighted by atomic mass is 10.2. The lowest BCUT2D eigenvalue weighted by molar-refractivity contribution is -0.137. The molecule has 3 rings (SSSR count). The average molecular weight is 462 g/mol. The van der Waals surface area contributed by atoms with Crippen LogP contribution in [-0.4, -0.2) is 20.9 Å². The fourth-order valence-electron chi connectivity index (χ4n) is 2.97. The second kappa shape index (κ2) is 9.44. The number of carbonyl (C=O) groups is 1. The van der Waals surface area contributed by atoms with Crippen LogP contribution in [0.25, 0.3) is 0 Å². The molecule has 0 atom stereocenters. The lowest BCUT2D eigenvalue weighted by Crippen LogP contribution is -2.40. The number of sulfonamides is 1. The number of nitrogens with zero attached hydrogens (tertiary/aromatic N) is 1. The zero-order chi connectivity index (χ0) is 23.4. The highest BCUT2D eigenvalue weighted by atomic mass is 32.2. The van der Waals surface area contributed by atoms with E-state index in [1.807, 2.05) is 6.07 Å². The molecule has 0 radical (unpaired) electrons.